The molecule has 0 bridgehead atoms. The molecule has 4 rings (SSSR count). The van der Waals surface area contributed by atoms with Crippen molar-refractivity contribution in [3.05, 3.63) is 83.9 Å². The van der Waals surface area contributed by atoms with Gasteiger partial charge in [-0.05, 0) is 48.0 Å². The Kier molecular flexibility index (Phi) is 6.31. The summed E-state index contributed by atoms with van der Waals surface area (Å²) in [4.78, 5) is 24.6. The van der Waals surface area contributed by atoms with Gasteiger partial charge >= 0.3 is 5.97 Å². The van der Waals surface area contributed by atoms with Gasteiger partial charge in [-0.2, -0.15) is 5.10 Å². The summed E-state index contributed by atoms with van der Waals surface area (Å²) in [6, 6.07) is 20.7. The first-order valence-electron chi connectivity index (χ1n) is 9.80. The topological polar surface area (TPSA) is 95.5 Å². The van der Waals surface area contributed by atoms with Crippen LogP contribution in [0, 0.1) is 0 Å². The number of methoxy groups -OCH3 is 1. The maximum atomic E-state index is 12.3. The average molecular weight is 432 g/mol. The molecule has 1 aliphatic rings. The molecule has 1 N–H and O–H groups in total. The van der Waals surface area contributed by atoms with E-state index in [0.717, 1.165) is 0 Å². The second-order valence-electron chi connectivity index (χ2n) is 6.76. The van der Waals surface area contributed by atoms with Crippen LogP contribution in [0.3, 0.4) is 0 Å². The fourth-order valence-electron chi connectivity index (χ4n) is 2.97. The van der Waals surface area contributed by atoms with Gasteiger partial charge in [-0.1, -0.05) is 30.3 Å². The number of ether oxygens (including phenoxy) is 4. The van der Waals surface area contributed by atoms with Crippen molar-refractivity contribution in [3.63, 3.8) is 0 Å². The van der Waals surface area contributed by atoms with Crippen LogP contribution in [0.25, 0.3) is 0 Å². The molecule has 0 spiro atoms. The number of carbonyl (C=O) groups is 2. The molecule has 1 aliphatic heterocycles. The Hall–Kier alpha value is -4.33. The van der Waals surface area contributed by atoms with Gasteiger partial charge in [-0.25, -0.2) is 10.2 Å². The molecular formula is C24H20N2O6. The van der Waals surface area contributed by atoms with Crippen LogP contribution in [-0.4, -0.2) is 37.9 Å². The Bertz CT molecular complexity index is 1150. The summed E-state index contributed by atoms with van der Waals surface area (Å²) in [6.45, 7) is 0.0909. The number of esters is 1. The predicted molar refractivity (Wildman–Crippen MR) is 116 cm³/mol. The molecular weight excluding hydrogens is 412 g/mol. The molecule has 1 atom stereocenters. The van der Waals surface area contributed by atoms with E-state index >= 15 is 0 Å². The van der Waals surface area contributed by atoms with Gasteiger partial charge in [0.1, 0.15) is 6.61 Å². The molecule has 0 aromatic heterocycles. The second kappa shape index (κ2) is 9.65. The van der Waals surface area contributed by atoms with E-state index in [1.165, 1.54) is 13.3 Å². The Morgan fingerprint density at radius 2 is 1.75 bits per heavy atom. The van der Waals surface area contributed by atoms with Crippen molar-refractivity contribution in [3.8, 4) is 23.0 Å². The van der Waals surface area contributed by atoms with Crippen LogP contribution in [0.4, 0.5) is 0 Å². The number of fused-ring (bicyclic) bond motifs is 1. The summed E-state index contributed by atoms with van der Waals surface area (Å²) >= 11 is 0. The van der Waals surface area contributed by atoms with Crippen molar-refractivity contribution >= 4 is 18.1 Å². The normalized spacial score (nSPS) is 14.6. The molecule has 3 aromatic rings. The monoisotopic (exact) mass is 432 g/mol. The van der Waals surface area contributed by atoms with Gasteiger partial charge in [-0.3, -0.25) is 4.79 Å². The molecule has 1 heterocycles. The Labute approximate surface area is 184 Å². The number of rotatable bonds is 6. The average Bonchev–Trinajstić information content (AvgIpc) is 2.85. The molecule has 0 radical (unpaired) electrons. The number of benzene rings is 3. The van der Waals surface area contributed by atoms with Crippen molar-refractivity contribution in [1.82, 2.24) is 5.43 Å². The minimum Gasteiger partial charge on any atom is -0.493 e. The molecule has 1 amide bonds. The highest BCUT2D eigenvalue weighted by Crippen LogP contribution is 2.31. The predicted octanol–water partition coefficient (Wildman–Crippen LogP) is 3.20. The molecule has 0 aliphatic carbocycles. The number of hydrogen-bond acceptors (Lipinski definition) is 7. The molecule has 0 fully saturated rings. The van der Waals surface area contributed by atoms with Gasteiger partial charge < -0.3 is 18.9 Å². The zero-order chi connectivity index (χ0) is 22.3. The lowest BCUT2D eigenvalue weighted by Crippen LogP contribution is -2.42. The van der Waals surface area contributed by atoms with Gasteiger partial charge in [-0.15, -0.1) is 0 Å². The third-order valence-electron chi connectivity index (χ3n) is 4.59. The third-order valence-corrected chi connectivity index (χ3v) is 4.59. The molecule has 3 aromatic carbocycles. The van der Waals surface area contributed by atoms with Gasteiger partial charge in [0.15, 0.2) is 23.0 Å². The highest BCUT2D eigenvalue weighted by atomic mass is 16.6. The Morgan fingerprint density at radius 3 is 2.53 bits per heavy atom. The molecule has 32 heavy (non-hydrogen) atoms. The number of nitrogens with one attached hydrogen (secondary N) is 1. The van der Waals surface area contributed by atoms with E-state index in [9.17, 15) is 9.59 Å². The summed E-state index contributed by atoms with van der Waals surface area (Å²) in [5, 5.41) is 3.96. The molecule has 1 unspecified atom stereocenters. The minimum absolute atomic E-state index is 0.0909. The van der Waals surface area contributed by atoms with Crippen molar-refractivity contribution < 1.29 is 28.5 Å². The van der Waals surface area contributed by atoms with Crippen LogP contribution in [0.5, 0.6) is 23.0 Å². The maximum absolute atomic E-state index is 12.3. The molecule has 8 nitrogen and oxygen atoms in total. The van der Waals surface area contributed by atoms with Gasteiger partial charge in [0, 0.05) is 0 Å². The Morgan fingerprint density at radius 1 is 1.00 bits per heavy atom. The number of hydrogen-bond donors (Lipinski definition) is 1. The van der Waals surface area contributed by atoms with Gasteiger partial charge in [0.05, 0.1) is 18.9 Å². The Balaban J connectivity index is 1.37. The summed E-state index contributed by atoms with van der Waals surface area (Å²) in [5.41, 5.74) is 3.50. The standard InChI is InChI=1S/C24H20N2O6/c1-29-21-13-16(11-12-20(21)32-24(28)17-7-3-2-4-8-17)14-25-26-23(27)22-15-30-18-9-5-6-10-19(18)31-22/h2-14,22H,15H2,1H3,(H,26,27)/b25-14+. The summed E-state index contributed by atoms with van der Waals surface area (Å²) in [7, 11) is 1.47. The summed E-state index contributed by atoms with van der Waals surface area (Å²) < 4.78 is 21.9. The van der Waals surface area contributed by atoms with E-state index in [1.54, 1.807) is 60.7 Å². The summed E-state index contributed by atoms with van der Waals surface area (Å²) in [5.74, 6) is 0.803. The van der Waals surface area contributed by atoms with E-state index in [1.807, 2.05) is 12.1 Å². The zero-order valence-electron chi connectivity index (χ0n) is 17.2. The van der Waals surface area contributed by atoms with E-state index in [4.69, 9.17) is 18.9 Å². The van der Waals surface area contributed by atoms with Crippen LogP contribution in [-0.2, 0) is 4.79 Å². The van der Waals surface area contributed by atoms with Crippen LogP contribution in [0.1, 0.15) is 15.9 Å². The summed E-state index contributed by atoms with van der Waals surface area (Å²) in [6.07, 6.45) is 0.636. The second-order valence-corrected chi connectivity index (χ2v) is 6.76. The van der Waals surface area contributed by atoms with Crippen LogP contribution in [0.2, 0.25) is 0 Å². The highest BCUT2D eigenvalue weighted by Gasteiger charge is 2.27. The van der Waals surface area contributed by atoms with Crippen molar-refractivity contribution in [2.24, 2.45) is 5.10 Å². The first-order valence-corrected chi connectivity index (χ1v) is 9.80. The first kappa shape index (κ1) is 20.9. The zero-order valence-corrected chi connectivity index (χ0v) is 17.2. The number of para-hydroxylation sites is 2. The third kappa shape index (κ3) is 4.86. The van der Waals surface area contributed by atoms with Crippen LogP contribution >= 0.6 is 0 Å². The molecule has 0 saturated carbocycles. The largest absolute Gasteiger partial charge is 0.493 e. The van der Waals surface area contributed by atoms with Crippen molar-refractivity contribution in [2.75, 3.05) is 13.7 Å². The molecule has 162 valence electrons. The highest BCUT2D eigenvalue weighted by molar-refractivity contribution is 5.91. The van der Waals surface area contributed by atoms with Crippen LogP contribution < -0.4 is 24.4 Å². The smallest absolute Gasteiger partial charge is 0.343 e. The van der Waals surface area contributed by atoms with Crippen LogP contribution in [0.15, 0.2) is 77.9 Å². The lowest BCUT2D eigenvalue weighted by molar-refractivity contribution is -0.130. The van der Waals surface area contributed by atoms with Gasteiger partial charge in [0.25, 0.3) is 5.91 Å². The lowest BCUT2D eigenvalue weighted by atomic mass is 10.2. The van der Waals surface area contributed by atoms with E-state index in [-0.39, 0.29) is 12.4 Å². The van der Waals surface area contributed by atoms with Gasteiger partial charge in [0.2, 0.25) is 6.10 Å². The fraction of sp³-hybridized carbons (Fsp3) is 0.125. The number of amides is 1. The van der Waals surface area contributed by atoms with E-state index in [2.05, 4.69) is 10.5 Å². The molecule has 0 saturated heterocycles. The number of hydrazone groups is 1. The lowest BCUT2D eigenvalue weighted by Gasteiger charge is -2.24. The minimum atomic E-state index is -0.809. The number of carbonyl (C=O) groups excluding carboxylic acids is 2. The number of nitrogens with zero attached hydrogens (tertiary/aromatic N) is 1. The molecule has 8 heteroatoms. The van der Waals surface area contributed by atoms with E-state index in [0.29, 0.717) is 28.4 Å². The quantitative estimate of drug-likeness (QED) is 0.278. The van der Waals surface area contributed by atoms with E-state index < -0.39 is 18.0 Å². The SMILES string of the molecule is COc1cc(/C=N/NC(=O)C2COc3ccccc3O2)ccc1OC(=O)c1ccccc1. The maximum Gasteiger partial charge on any atom is 0.343 e. The van der Waals surface area contributed by atoms with Crippen molar-refractivity contribution in [2.45, 2.75) is 6.10 Å². The fourth-order valence-corrected chi connectivity index (χ4v) is 2.97. The van der Waals surface area contributed by atoms with Crippen molar-refractivity contribution in [1.29, 1.82) is 0 Å². The first-order chi connectivity index (χ1) is 15.6.